The molecule has 6 heteroatoms. The van der Waals surface area contributed by atoms with Crippen LogP contribution in [0, 0.1) is 5.92 Å². The van der Waals surface area contributed by atoms with Crippen molar-refractivity contribution in [3.8, 4) is 0 Å². The molecule has 1 atom stereocenters. The Kier molecular flexibility index (Phi) is 5.56. The predicted octanol–water partition coefficient (Wildman–Crippen LogP) is 1.64. The largest absolute Gasteiger partial charge is 0.464 e. The minimum atomic E-state index is -0.463. The normalized spacial score (nSPS) is 20.6. The number of aliphatic hydroxyl groups excluding tert-OH is 1. The Morgan fingerprint density at radius 3 is 2.71 bits per heavy atom. The first-order valence-electron chi connectivity index (χ1n) is 9.15. The Morgan fingerprint density at radius 1 is 1.29 bits per heavy atom. The van der Waals surface area contributed by atoms with Gasteiger partial charge >= 0.3 is 5.97 Å². The zero-order valence-electron chi connectivity index (χ0n) is 14.8. The molecule has 0 spiro atoms. The van der Waals surface area contributed by atoms with Crippen LogP contribution in [0.5, 0.6) is 0 Å². The van der Waals surface area contributed by atoms with Gasteiger partial charge in [0.05, 0.1) is 19.8 Å². The molecule has 0 bridgehead atoms. The van der Waals surface area contributed by atoms with Gasteiger partial charge in [-0.3, -0.25) is 4.68 Å². The van der Waals surface area contributed by atoms with E-state index in [1.165, 1.54) is 20.0 Å². The summed E-state index contributed by atoms with van der Waals surface area (Å²) in [6.45, 7) is 5.53. The molecule has 0 radical (unpaired) electrons. The van der Waals surface area contributed by atoms with E-state index in [9.17, 15) is 9.90 Å². The van der Waals surface area contributed by atoms with E-state index in [1.54, 1.807) is 0 Å². The quantitative estimate of drug-likeness (QED) is 0.829. The van der Waals surface area contributed by atoms with Crippen molar-refractivity contribution in [2.45, 2.75) is 58.1 Å². The number of hydrogen-bond acceptors (Lipinski definition) is 5. The Morgan fingerprint density at radius 2 is 2.00 bits per heavy atom. The van der Waals surface area contributed by atoms with Crippen LogP contribution in [-0.2, 0) is 24.1 Å². The van der Waals surface area contributed by atoms with Crippen LogP contribution in [0.15, 0.2) is 0 Å². The van der Waals surface area contributed by atoms with Crippen LogP contribution in [0.2, 0.25) is 0 Å². The van der Waals surface area contributed by atoms with Crippen molar-refractivity contribution < 1.29 is 14.6 Å². The first kappa shape index (κ1) is 17.4. The molecule has 0 amide bonds. The van der Waals surface area contributed by atoms with Crippen LogP contribution < -0.4 is 0 Å². The molecule has 24 heavy (non-hydrogen) atoms. The maximum Gasteiger partial charge on any atom is 0.358 e. The first-order chi connectivity index (χ1) is 11.6. The SMILES string of the molecule is COC(=O)c1nn(C[C@@H](O)CN2CCC(C)CC2)c2c1CCCC2. The Hall–Kier alpha value is -1.40. The molecular formula is C18H29N3O3. The third-order valence-electron chi connectivity index (χ3n) is 5.36. The number of β-amino-alcohol motifs (C(OH)–C–C–N with tert-alkyl or cyclic N) is 1. The Balaban J connectivity index is 1.68. The number of carbonyl (C=O) groups excluding carboxylic acids is 1. The minimum Gasteiger partial charge on any atom is -0.464 e. The summed E-state index contributed by atoms with van der Waals surface area (Å²) < 4.78 is 6.71. The standard InChI is InChI=1S/C18H29N3O3/c1-13-7-9-20(10-8-13)11-14(22)12-21-16-6-4-3-5-15(16)17(19-21)18(23)24-2/h13-14,22H,3-12H2,1-2H3/t14-/m0/s1. The molecule has 1 aliphatic heterocycles. The fourth-order valence-electron chi connectivity index (χ4n) is 3.88. The van der Waals surface area contributed by atoms with Gasteiger partial charge in [-0.2, -0.15) is 5.10 Å². The average Bonchev–Trinajstić information content (AvgIpc) is 2.95. The molecule has 1 saturated heterocycles. The number of methoxy groups -OCH3 is 1. The highest BCUT2D eigenvalue weighted by atomic mass is 16.5. The van der Waals surface area contributed by atoms with Gasteiger partial charge in [0, 0.05) is 17.8 Å². The molecule has 6 nitrogen and oxygen atoms in total. The lowest BCUT2D eigenvalue weighted by atomic mass is 9.95. The van der Waals surface area contributed by atoms with Gasteiger partial charge in [-0.05, 0) is 57.5 Å². The van der Waals surface area contributed by atoms with E-state index in [0.29, 0.717) is 18.8 Å². The van der Waals surface area contributed by atoms with Gasteiger partial charge in [0.1, 0.15) is 0 Å². The van der Waals surface area contributed by atoms with Gasteiger partial charge in [-0.25, -0.2) is 4.79 Å². The van der Waals surface area contributed by atoms with E-state index >= 15 is 0 Å². The second-order valence-corrected chi connectivity index (χ2v) is 7.29. The maximum absolute atomic E-state index is 12.0. The summed E-state index contributed by atoms with van der Waals surface area (Å²) in [6.07, 6.45) is 5.94. The molecule has 1 aromatic rings. The van der Waals surface area contributed by atoms with Crippen LogP contribution in [0.1, 0.15) is 54.4 Å². The van der Waals surface area contributed by atoms with E-state index in [-0.39, 0.29) is 5.97 Å². The van der Waals surface area contributed by atoms with Crippen LogP contribution >= 0.6 is 0 Å². The number of piperidine rings is 1. The third kappa shape index (κ3) is 3.81. The number of fused-ring (bicyclic) bond motifs is 1. The van der Waals surface area contributed by atoms with Gasteiger partial charge in [-0.1, -0.05) is 6.92 Å². The highest BCUT2D eigenvalue weighted by molar-refractivity contribution is 5.89. The van der Waals surface area contributed by atoms with Crippen molar-refractivity contribution in [3.63, 3.8) is 0 Å². The molecule has 0 saturated carbocycles. The number of rotatable bonds is 5. The summed E-state index contributed by atoms with van der Waals surface area (Å²) in [5.41, 5.74) is 2.56. The topological polar surface area (TPSA) is 67.6 Å². The summed E-state index contributed by atoms with van der Waals surface area (Å²) in [4.78, 5) is 14.3. The highest BCUT2D eigenvalue weighted by Gasteiger charge is 2.27. The summed E-state index contributed by atoms with van der Waals surface area (Å²) in [7, 11) is 1.39. The summed E-state index contributed by atoms with van der Waals surface area (Å²) >= 11 is 0. The summed E-state index contributed by atoms with van der Waals surface area (Å²) in [6, 6.07) is 0. The maximum atomic E-state index is 12.0. The molecular weight excluding hydrogens is 306 g/mol. The summed E-state index contributed by atoms with van der Waals surface area (Å²) in [5.74, 6) is 0.422. The smallest absolute Gasteiger partial charge is 0.358 e. The van der Waals surface area contributed by atoms with Crippen LogP contribution in [0.3, 0.4) is 0 Å². The molecule has 1 aromatic heterocycles. The molecule has 1 fully saturated rings. The predicted molar refractivity (Wildman–Crippen MR) is 91.1 cm³/mol. The lowest BCUT2D eigenvalue weighted by Gasteiger charge is -2.31. The zero-order valence-corrected chi connectivity index (χ0v) is 14.8. The molecule has 1 N–H and O–H groups in total. The Bertz CT molecular complexity index is 576. The number of likely N-dealkylation sites (tertiary alicyclic amines) is 1. The number of nitrogens with zero attached hydrogens (tertiary/aromatic N) is 3. The first-order valence-corrected chi connectivity index (χ1v) is 9.15. The summed E-state index contributed by atoms with van der Waals surface area (Å²) in [5, 5.41) is 15.0. The van der Waals surface area contributed by atoms with E-state index in [2.05, 4.69) is 16.9 Å². The van der Waals surface area contributed by atoms with Crippen LogP contribution in [-0.4, -0.2) is 58.6 Å². The molecule has 1 aliphatic carbocycles. The third-order valence-corrected chi connectivity index (χ3v) is 5.36. The van der Waals surface area contributed by atoms with Crippen LogP contribution in [0.4, 0.5) is 0 Å². The van der Waals surface area contributed by atoms with Crippen molar-refractivity contribution in [1.29, 1.82) is 0 Å². The molecule has 3 rings (SSSR count). The van der Waals surface area contributed by atoms with Crippen LogP contribution in [0.25, 0.3) is 0 Å². The second kappa shape index (κ2) is 7.66. The van der Waals surface area contributed by atoms with Crippen molar-refractivity contribution in [3.05, 3.63) is 17.0 Å². The van der Waals surface area contributed by atoms with Crippen molar-refractivity contribution in [2.75, 3.05) is 26.7 Å². The number of esters is 1. The fraction of sp³-hybridized carbons (Fsp3) is 0.778. The van der Waals surface area contributed by atoms with Gasteiger partial charge in [0.2, 0.25) is 0 Å². The number of hydrogen-bond donors (Lipinski definition) is 1. The highest BCUT2D eigenvalue weighted by Crippen LogP contribution is 2.25. The van der Waals surface area contributed by atoms with Crippen molar-refractivity contribution in [2.24, 2.45) is 5.92 Å². The molecule has 0 aromatic carbocycles. The minimum absolute atomic E-state index is 0.369. The van der Waals surface area contributed by atoms with E-state index < -0.39 is 6.10 Å². The zero-order chi connectivity index (χ0) is 17.1. The average molecular weight is 335 g/mol. The van der Waals surface area contributed by atoms with Crippen molar-refractivity contribution >= 4 is 5.97 Å². The molecule has 134 valence electrons. The molecule has 2 aliphatic rings. The lowest BCUT2D eigenvalue weighted by Crippen LogP contribution is -2.40. The number of ether oxygens (including phenoxy) is 1. The number of aliphatic hydroxyl groups is 1. The lowest BCUT2D eigenvalue weighted by molar-refractivity contribution is 0.0587. The van der Waals surface area contributed by atoms with E-state index in [0.717, 1.165) is 55.9 Å². The van der Waals surface area contributed by atoms with Crippen molar-refractivity contribution in [1.82, 2.24) is 14.7 Å². The van der Waals surface area contributed by atoms with Gasteiger partial charge < -0.3 is 14.7 Å². The Labute approximate surface area is 143 Å². The monoisotopic (exact) mass is 335 g/mol. The molecule has 0 unspecified atom stereocenters. The van der Waals surface area contributed by atoms with Gasteiger partial charge in [0.25, 0.3) is 0 Å². The molecule has 2 heterocycles. The fourth-order valence-corrected chi connectivity index (χ4v) is 3.88. The van der Waals surface area contributed by atoms with Gasteiger partial charge in [0.15, 0.2) is 5.69 Å². The van der Waals surface area contributed by atoms with Gasteiger partial charge in [-0.15, -0.1) is 0 Å². The van der Waals surface area contributed by atoms with E-state index in [4.69, 9.17) is 4.74 Å². The van der Waals surface area contributed by atoms with E-state index in [1.807, 2.05) is 4.68 Å². The second-order valence-electron chi connectivity index (χ2n) is 7.29. The number of aromatic nitrogens is 2. The number of carbonyl (C=O) groups is 1.